The number of unbranched alkanes of at least 4 members (excludes halogenated alkanes) is 6. The lowest BCUT2D eigenvalue weighted by molar-refractivity contribution is -0.348. The van der Waals surface area contributed by atoms with Crippen LogP contribution >= 0.6 is 0 Å². The predicted octanol–water partition coefficient (Wildman–Crippen LogP) is 9.73. The molecule has 0 bridgehead atoms. The standard InChI is InChI=1S/C32H43F7O2S/c1-21-11-14-27-28-22(18-23-19-24(40)12-13-25(23)26(28)15-16-29(21,27)2)10-8-6-4-3-5-7-9-17-42(41)20-30(33,34)31(35,36)32(37,38)39/h12-13,19,22,26-28,40H,1,3-11,14-18,20H2,2H3/t22-,26?,27?,28?,29-,42?/m1/s1. The van der Waals surface area contributed by atoms with Crippen LogP contribution in [0.1, 0.15) is 101 Å². The van der Waals surface area contributed by atoms with Gasteiger partial charge in [0, 0.05) is 16.6 Å². The maximum Gasteiger partial charge on any atom is 0.459 e. The summed E-state index contributed by atoms with van der Waals surface area (Å²) in [7, 11) is -2.46. The van der Waals surface area contributed by atoms with Gasteiger partial charge < -0.3 is 5.11 Å². The van der Waals surface area contributed by atoms with E-state index in [2.05, 4.69) is 19.6 Å². The fourth-order valence-corrected chi connectivity index (χ4v) is 9.35. The van der Waals surface area contributed by atoms with Crippen molar-refractivity contribution in [1.82, 2.24) is 0 Å². The Labute approximate surface area is 247 Å². The quantitative estimate of drug-likeness (QED) is 0.135. The third-order valence-corrected chi connectivity index (χ3v) is 11.9. The van der Waals surface area contributed by atoms with E-state index in [1.807, 2.05) is 12.1 Å². The Morgan fingerprint density at radius 1 is 0.976 bits per heavy atom. The molecule has 0 aliphatic heterocycles. The van der Waals surface area contributed by atoms with E-state index in [9.17, 15) is 40.0 Å². The van der Waals surface area contributed by atoms with Crippen LogP contribution in [0.5, 0.6) is 5.75 Å². The molecule has 3 aliphatic rings. The third-order valence-electron chi connectivity index (χ3n) is 10.4. The van der Waals surface area contributed by atoms with Crippen molar-refractivity contribution in [2.45, 2.75) is 114 Å². The van der Waals surface area contributed by atoms with Crippen molar-refractivity contribution in [2.75, 3.05) is 11.5 Å². The van der Waals surface area contributed by atoms with Gasteiger partial charge in [-0.05, 0) is 97.3 Å². The molecule has 0 amide bonds. The molecule has 6 atom stereocenters. The zero-order chi connectivity index (χ0) is 30.9. The molecule has 0 radical (unpaired) electrons. The second-order valence-corrected chi connectivity index (χ2v) is 14.6. The monoisotopic (exact) mass is 624 g/mol. The summed E-state index contributed by atoms with van der Waals surface area (Å²) in [6.07, 6.45) is 5.89. The smallest absolute Gasteiger partial charge is 0.459 e. The summed E-state index contributed by atoms with van der Waals surface area (Å²) in [6, 6.07) is 5.89. The van der Waals surface area contributed by atoms with Crippen molar-refractivity contribution >= 4 is 10.8 Å². The van der Waals surface area contributed by atoms with E-state index in [4.69, 9.17) is 0 Å². The molecule has 10 heteroatoms. The van der Waals surface area contributed by atoms with Gasteiger partial charge in [-0.1, -0.05) is 63.7 Å². The highest BCUT2D eigenvalue weighted by Gasteiger charge is 2.73. The number of rotatable bonds is 13. The van der Waals surface area contributed by atoms with Gasteiger partial charge in [0.1, 0.15) is 5.75 Å². The molecule has 1 N–H and O–H groups in total. The fraction of sp³-hybridized carbons (Fsp3) is 0.750. The Kier molecular flexibility index (Phi) is 10.2. The van der Waals surface area contributed by atoms with E-state index in [1.54, 1.807) is 0 Å². The van der Waals surface area contributed by atoms with Crippen molar-refractivity contribution in [3.63, 3.8) is 0 Å². The zero-order valence-corrected chi connectivity index (χ0v) is 25.1. The first-order valence-corrected chi connectivity index (χ1v) is 16.7. The van der Waals surface area contributed by atoms with Crippen LogP contribution in [0.2, 0.25) is 0 Å². The van der Waals surface area contributed by atoms with Gasteiger partial charge >= 0.3 is 18.0 Å². The number of benzene rings is 1. The third kappa shape index (κ3) is 6.73. The van der Waals surface area contributed by atoms with Crippen LogP contribution in [0.4, 0.5) is 30.7 Å². The van der Waals surface area contributed by atoms with Gasteiger partial charge in [0.2, 0.25) is 0 Å². The minimum atomic E-state index is -6.39. The lowest BCUT2D eigenvalue weighted by Crippen LogP contribution is -2.54. The minimum absolute atomic E-state index is 0.215. The molecule has 0 spiro atoms. The number of allylic oxidation sites excluding steroid dienone is 1. The van der Waals surface area contributed by atoms with E-state index in [-0.39, 0.29) is 17.6 Å². The second-order valence-electron chi connectivity index (χ2n) is 13.1. The van der Waals surface area contributed by atoms with Crippen LogP contribution in [0.15, 0.2) is 30.4 Å². The van der Waals surface area contributed by atoms with Crippen LogP contribution in [0.25, 0.3) is 0 Å². The number of alkyl halides is 7. The molecule has 1 aromatic rings. The number of phenols is 1. The molecule has 238 valence electrons. The molecule has 0 saturated heterocycles. The summed E-state index contributed by atoms with van der Waals surface area (Å²) in [4.78, 5) is 0. The number of hydrogen-bond acceptors (Lipinski definition) is 2. The maximum atomic E-state index is 13.4. The summed E-state index contributed by atoms with van der Waals surface area (Å²) >= 11 is 0. The van der Waals surface area contributed by atoms with Gasteiger partial charge in [-0.3, -0.25) is 4.21 Å². The number of phenolic OH excluding ortho intramolecular Hbond substituents is 1. The first kappa shape index (κ1) is 33.3. The molecule has 4 rings (SSSR count). The Bertz CT molecular complexity index is 1130. The van der Waals surface area contributed by atoms with Gasteiger partial charge in [0.05, 0.1) is 5.75 Å². The van der Waals surface area contributed by atoms with Crippen molar-refractivity contribution in [1.29, 1.82) is 0 Å². The van der Waals surface area contributed by atoms with E-state index >= 15 is 0 Å². The maximum absolute atomic E-state index is 13.4. The topological polar surface area (TPSA) is 37.3 Å². The molecule has 0 heterocycles. The Balaban J connectivity index is 1.19. The van der Waals surface area contributed by atoms with E-state index in [0.29, 0.717) is 35.8 Å². The van der Waals surface area contributed by atoms with E-state index in [1.165, 1.54) is 29.5 Å². The lowest BCUT2D eigenvalue weighted by atomic mass is 9.52. The normalized spacial score (nSPS) is 28.7. The average molecular weight is 625 g/mol. The summed E-state index contributed by atoms with van der Waals surface area (Å²) in [5, 5.41) is 10.1. The number of hydrogen-bond donors (Lipinski definition) is 1. The minimum Gasteiger partial charge on any atom is -0.508 e. The Morgan fingerprint density at radius 2 is 1.62 bits per heavy atom. The number of fused-ring (bicyclic) bond motifs is 5. The van der Waals surface area contributed by atoms with Crippen LogP contribution in [-0.4, -0.2) is 38.8 Å². The molecule has 4 unspecified atom stereocenters. The van der Waals surface area contributed by atoms with Gasteiger partial charge in [-0.2, -0.15) is 30.7 Å². The average Bonchev–Trinajstić information content (AvgIpc) is 3.20. The van der Waals surface area contributed by atoms with Crippen molar-refractivity contribution in [3.8, 4) is 5.75 Å². The zero-order valence-electron chi connectivity index (χ0n) is 24.3. The highest BCUT2D eigenvalue weighted by Crippen LogP contribution is 2.64. The van der Waals surface area contributed by atoms with E-state index in [0.717, 1.165) is 57.8 Å². The first-order valence-electron chi connectivity index (χ1n) is 15.3. The molecule has 42 heavy (non-hydrogen) atoms. The number of aromatic hydroxyl groups is 1. The predicted molar refractivity (Wildman–Crippen MR) is 151 cm³/mol. The molecule has 3 aliphatic carbocycles. The molecular weight excluding hydrogens is 581 g/mol. The van der Waals surface area contributed by atoms with Gasteiger partial charge in [0.25, 0.3) is 0 Å². The Hall–Kier alpha value is -1.58. The first-order chi connectivity index (χ1) is 19.6. The van der Waals surface area contributed by atoms with Crippen LogP contribution in [0, 0.1) is 23.2 Å². The molecular formula is C32H43F7O2S. The number of halogens is 7. The van der Waals surface area contributed by atoms with Gasteiger partial charge in [0.15, 0.2) is 0 Å². The SMILES string of the molecule is C=C1CCC2C3C(CC[C@]12C)c1ccc(O)cc1C[C@H]3CCCCCCCCCS(=O)CC(F)(F)C(F)(F)C(F)(F)F. The largest absolute Gasteiger partial charge is 0.508 e. The highest BCUT2D eigenvalue weighted by molar-refractivity contribution is 7.85. The summed E-state index contributed by atoms with van der Waals surface area (Å²) in [6.45, 7) is 6.84. The van der Waals surface area contributed by atoms with Crippen LogP contribution in [0.3, 0.4) is 0 Å². The highest BCUT2D eigenvalue weighted by atomic mass is 32.2. The molecule has 0 aromatic heterocycles. The van der Waals surface area contributed by atoms with Crippen molar-refractivity contribution < 1.29 is 40.0 Å². The van der Waals surface area contributed by atoms with Crippen molar-refractivity contribution in [2.24, 2.45) is 23.2 Å². The van der Waals surface area contributed by atoms with Gasteiger partial charge in [-0.15, -0.1) is 0 Å². The summed E-state index contributed by atoms with van der Waals surface area (Å²) in [5.41, 5.74) is 4.30. The van der Waals surface area contributed by atoms with E-state index < -0.39 is 34.6 Å². The van der Waals surface area contributed by atoms with Gasteiger partial charge in [-0.25, -0.2) is 0 Å². The van der Waals surface area contributed by atoms with Crippen LogP contribution < -0.4 is 0 Å². The van der Waals surface area contributed by atoms with Crippen LogP contribution in [-0.2, 0) is 17.2 Å². The summed E-state index contributed by atoms with van der Waals surface area (Å²) in [5.74, 6) is -11.3. The molecule has 2 saturated carbocycles. The second kappa shape index (κ2) is 12.8. The van der Waals surface area contributed by atoms with Crippen molar-refractivity contribution in [3.05, 3.63) is 41.5 Å². The molecule has 2 nitrogen and oxygen atoms in total. The fourth-order valence-electron chi connectivity index (χ4n) is 8.09. The Morgan fingerprint density at radius 3 is 2.29 bits per heavy atom. The summed E-state index contributed by atoms with van der Waals surface area (Å²) < 4.78 is 101. The molecule has 1 aromatic carbocycles. The lowest BCUT2D eigenvalue weighted by Gasteiger charge is -2.52. The molecule has 2 fully saturated rings.